The maximum Gasteiger partial charge on any atom is 0.223 e. The number of hydrogen-bond donors (Lipinski definition) is 3. The Balaban J connectivity index is 2.43. The average molecular weight is 480 g/mol. The summed E-state index contributed by atoms with van der Waals surface area (Å²) < 4.78 is 0. The van der Waals surface area contributed by atoms with Crippen molar-refractivity contribution in [1.29, 1.82) is 0 Å². The van der Waals surface area contributed by atoms with Crippen LogP contribution in [0.4, 0.5) is 17.1 Å². The third-order valence-electron chi connectivity index (χ3n) is 4.93. The summed E-state index contributed by atoms with van der Waals surface area (Å²) in [5.74, 6) is 0.503. The molecule has 0 atom stereocenters. The molecule has 0 fully saturated rings. The molecule has 2 aromatic rings. The molecule has 0 aromatic heterocycles. The number of hydrogen-bond acceptors (Lipinski definition) is 3. The van der Waals surface area contributed by atoms with E-state index in [9.17, 15) is 0 Å². The van der Waals surface area contributed by atoms with E-state index in [0.29, 0.717) is 19.0 Å². The van der Waals surface area contributed by atoms with Crippen molar-refractivity contribution < 1.29 is 0 Å². The molecule has 0 amide bonds. The molecule has 186 valence electrons. The lowest BCUT2D eigenvalue weighted by Crippen LogP contribution is -2.23. The quantitative estimate of drug-likeness (QED) is 0.171. The van der Waals surface area contributed by atoms with E-state index in [1.54, 1.807) is 6.08 Å². The zero-order valence-corrected chi connectivity index (χ0v) is 21.5. The predicted octanol–water partition coefficient (Wildman–Crippen LogP) is 7.24. The largest absolute Gasteiger partial charge is 0.354 e. The second-order valence-corrected chi connectivity index (χ2v) is 7.90. The first-order valence-electron chi connectivity index (χ1n) is 12.0. The summed E-state index contributed by atoms with van der Waals surface area (Å²) in [6, 6.07) is 18.1. The lowest BCUT2D eigenvalue weighted by atomic mass is 10.1. The summed E-state index contributed by atoms with van der Waals surface area (Å²) in [6.07, 6.45) is 15.4. The zero-order chi connectivity index (χ0) is 26.0. The number of guanidine groups is 1. The molecule has 2 aromatic carbocycles. The van der Waals surface area contributed by atoms with Gasteiger partial charge in [-0.15, -0.1) is 0 Å². The van der Waals surface area contributed by atoms with E-state index in [4.69, 9.17) is 9.98 Å². The third kappa shape index (κ3) is 10.4. The van der Waals surface area contributed by atoms with Crippen LogP contribution in [-0.4, -0.2) is 31.8 Å². The van der Waals surface area contributed by atoms with Gasteiger partial charge in [0.05, 0.1) is 23.6 Å². The highest BCUT2D eigenvalue weighted by molar-refractivity contribution is 6.11. The molecular weight excluding hydrogens is 442 g/mol. The van der Waals surface area contributed by atoms with Crippen molar-refractivity contribution in [3.8, 4) is 0 Å². The van der Waals surface area contributed by atoms with Crippen LogP contribution in [0.2, 0.25) is 0 Å². The Labute approximate surface area is 216 Å². The van der Waals surface area contributed by atoms with Gasteiger partial charge in [-0.3, -0.25) is 0 Å². The predicted molar refractivity (Wildman–Crippen MR) is 160 cm³/mol. The molecule has 2 rings (SSSR count). The smallest absolute Gasteiger partial charge is 0.223 e. The van der Waals surface area contributed by atoms with Crippen LogP contribution in [0.1, 0.15) is 13.8 Å². The molecule has 0 aliphatic heterocycles. The molecule has 36 heavy (non-hydrogen) atoms. The normalized spacial score (nSPS) is 13.0. The van der Waals surface area contributed by atoms with E-state index < -0.39 is 0 Å². The van der Waals surface area contributed by atoms with E-state index in [2.05, 4.69) is 29.1 Å². The van der Waals surface area contributed by atoms with Crippen LogP contribution in [0.25, 0.3) is 0 Å². The monoisotopic (exact) mass is 479 g/mol. The van der Waals surface area contributed by atoms with E-state index >= 15 is 0 Å². The number of benzene rings is 2. The molecule has 0 unspecified atom stereocenters. The van der Waals surface area contributed by atoms with Crippen molar-refractivity contribution >= 4 is 28.7 Å². The van der Waals surface area contributed by atoms with Gasteiger partial charge in [-0.2, -0.15) is 0 Å². The van der Waals surface area contributed by atoms with Crippen molar-refractivity contribution in [2.45, 2.75) is 13.8 Å². The molecule has 5 heteroatoms. The molecule has 5 nitrogen and oxygen atoms in total. The Hall–Kier alpha value is -4.22. The van der Waals surface area contributed by atoms with Crippen molar-refractivity contribution in [2.24, 2.45) is 9.98 Å². The average Bonchev–Trinajstić information content (AvgIpc) is 2.89. The maximum absolute atomic E-state index is 4.91. The number of nitrogens with one attached hydrogen (secondary N) is 3. The number of rotatable bonds is 12. The summed E-state index contributed by atoms with van der Waals surface area (Å²) in [4.78, 5) is 9.69. The number of para-hydroxylation sites is 3. The Morgan fingerprint density at radius 1 is 0.944 bits per heavy atom. The molecule has 0 spiro atoms. The first-order valence-corrected chi connectivity index (χ1v) is 12.0. The van der Waals surface area contributed by atoms with E-state index in [0.717, 1.165) is 33.9 Å². The van der Waals surface area contributed by atoms with Crippen LogP contribution in [0.3, 0.4) is 0 Å². The van der Waals surface area contributed by atoms with Crippen molar-refractivity contribution in [1.82, 2.24) is 5.32 Å². The minimum absolute atomic E-state index is 0.417. The maximum atomic E-state index is 4.91. The van der Waals surface area contributed by atoms with E-state index in [1.807, 2.05) is 118 Å². The van der Waals surface area contributed by atoms with Crippen LogP contribution in [0, 0.1) is 0 Å². The van der Waals surface area contributed by atoms with Gasteiger partial charge < -0.3 is 16.0 Å². The Morgan fingerprint density at radius 3 is 2.36 bits per heavy atom. The summed E-state index contributed by atoms with van der Waals surface area (Å²) in [5, 5.41) is 10.1. The van der Waals surface area contributed by atoms with Gasteiger partial charge in [-0.25, -0.2) is 9.98 Å². The second-order valence-electron chi connectivity index (χ2n) is 7.90. The number of allylic oxidation sites excluding steroid dienone is 7. The van der Waals surface area contributed by atoms with Gasteiger partial charge in [0.1, 0.15) is 0 Å². The first-order chi connectivity index (χ1) is 17.6. The molecular formula is C31H37N5. The third-order valence-corrected chi connectivity index (χ3v) is 4.93. The van der Waals surface area contributed by atoms with Crippen LogP contribution in [0.5, 0.6) is 0 Å². The molecule has 0 heterocycles. The van der Waals surface area contributed by atoms with Gasteiger partial charge in [0.25, 0.3) is 0 Å². The summed E-state index contributed by atoms with van der Waals surface area (Å²) in [5.41, 5.74) is 5.58. The molecule has 0 aliphatic rings. The van der Waals surface area contributed by atoms with Gasteiger partial charge in [-0.05, 0) is 56.3 Å². The van der Waals surface area contributed by atoms with Gasteiger partial charge in [0, 0.05) is 12.2 Å². The van der Waals surface area contributed by atoms with Crippen molar-refractivity contribution in [3.05, 3.63) is 128 Å². The molecule has 0 radical (unpaired) electrons. The van der Waals surface area contributed by atoms with Gasteiger partial charge in [0.15, 0.2) is 0 Å². The molecule has 0 bridgehead atoms. The molecule has 0 aliphatic carbocycles. The summed E-state index contributed by atoms with van der Waals surface area (Å²) in [7, 11) is 1.90. The number of nitrogens with zero attached hydrogens (tertiary/aromatic N) is 2. The zero-order valence-electron chi connectivity index (χ0n) is 21.5. The Bertz CT molecular complexity index is 1160. The van der Waals surface area contributed by atoms with Gasteiger partial charge in [0.2, 0.25) is 5.96 Å². The Morgan fingerprint density at radius 2 is 1.67 bits per heavy atom. The molecule has 0 saturated heterocycles. The summed E-state index contributed by atoms with van der Waals surface area (Å²) in [6.45, 7) is 12.9. The second kappa shape index (κ2) is 16.4. The summed E-state index contributed by atoms with van der Waals surface area (Å²) >= 11 is 0. The standard InChI is InChI=1S/C31H37N5/c1-6-8-11-17-25(3)23-33-31(36-30(24-32-5)26(4)18-12-9-7-2)35-29-22-16-15-21-28(29)34-27-19-13-10-14-20-27/h6-22,32,34H,2-3,23-24H2,1,4-5H3,(H,33,35)/b8-6-,12-9-,17-11-,26-18+,36-30?. The highest BCUT2D eigenvalue weighted by Gasteiger charge is 2.08. The lowest BCUT2D eigenvalue weighted by Gasteiger charge is -2.15. The number of aliphatic imine (C=N–C) groups is 2. The van der Waals surface area contributed by atoms with Crippen LogP contribution in [-0.2, 0) is 0 Å². The molecule has 3 N–H and O–H groups in total. The minimum Gasteiger partial charge on any atom is -0.354 e. The topological polar surface area (TPSA) is 60.8 Å². The van der Waals surface area contributed by atoms with E-state index in [1.165, 1.54) is 0 Å². The van der Waals surface area contributed by atoms with Crippen LogP contribution < -0.4 is 16.0 Å². The van der Waals surface area contributed by atoms with Gasteiger partial charge >= 0.3 is 0 Å². The highest BCUT2D eigenvalue weighted by atomic mass is 15.1. The van der Waals surface area contributed by atoms with Crippen molar-refractivity contribution in [2.75, 3.05) is 30.8 Å². The Kier molecular flexibility index (Phi) is 12.8. The SMILES string of the molecule is C=C/C=C\C=C(/C)C(CNC)=NC(=NCC(=C)/C=C\C=C/C)Nc1ccccc1Nc1ccccc1. The van der Waals surface area contributed by atoms with Crippen molar-refractivity contribution in [3.63, 3.8) is 0 Å². The fourth-order valence-corrected chi connectivity index (χ4v) is 3.07. The fourth-order valence-electron chi connectivity index (χ4n) is 3.07. The lowest BCUT2D eigenvalue weighted by molar-refractivity contribution is 0.945. The van der Waals surface area contributed by atoms with Gasteiger partial charge in [-0.1, -0.05) is 92.1 Å². The number of anilines is 3. The van der Waals surface area contributed by atoms with Crippen LogP contribution >= 0.6 is 0 Å². The van der Waals surface area contributed by atoms with E-state index in [-0.39, 0.29) is 0 Å². The molecule has 0 saturated carbocycles. The van der Waals surface area contributed by atoms with Crippen LogP contribution in [0.15, 0.2) is 137 Å². The fraction of sp³-hybridized carbons (Fsp3) is 0.161. The first kappa shape index (κ1) is 28.0. The minimum atomic E-state index is 0.417. The highest BCUT2D eigenvalue weighted by Crippen LogP contribution is 2.25.